The maximum atomic E-state index is 5.14. The summed E-state index contributed by atoms with van der Waals surface area (Å²) < 4.78 is 7.13. The molecule has 1 aliphatic rings. The molecule has 0 amide bonds. The Morgan fingerprint density at radius 2 is 2.07 bits per heavy atom. The molecule has 0 N–H and O–H groups in total. The Balaban J connectivity index is 1.50. The van der Waals surface area contributed by atoms with Crippen LogP contribution in [-0.4, -0.2) is 52.0 Å². The molecule has 0 atom stereocenters. The predicted molar refractivity (Wildman–Crippen MR) is 103 cm³/mol. The van der Waals surface area contributed by atoms with Gasteiger partial charge in [0.25, 0.3) is 0 Å². The molecular weight excluding hydrogens is 342 g/mol. The van der Waals surface area contributed by atoms with Crippen LogP contribution in [-0.2, 0) is 24.2 Å². The third-order valence-corrected chi connectivity index (χ3v) is 4.72. The Bertz CT molecular complexity index is 896. The van der Waals surface area contributed by atoms with E-state index in [4.69, 9.17) is 9.72 Å². The van der Waals surface area contributed by atoms with Crippen LogP contribution in [0, 0.1) is 0 Å². The van der Waals surface area contributed by atoms with Gasteiger partial charge in [-0.15, -0.1) is 10.2 Å². The fourth-order valence-electron chi connectivity index (χ4n) is 3.27. The minimum atomic E-state index is 0.588. The summed E-state index contributed by atoms with van der Waals surface area (Å²) in [6.45, 7) is 2.86. The summed E-state index contributed by atoms with van der Waals surface area (Å²) >= 11 is 0. The van der Waals surface area contributed by atoms with Gasteiger partial charge in [-0.1, -0.05) is 18.2 Å². The third kappa shape index (κ3) is 3.61. The molecule has 0 radical (unpaired) electrons. The number of hydrogen-bond acceptors (Lipinski definition) is 7. The van der Waals surface area contributed by atoms with Crippen molar-refractivity contribution in [3.8, 4) is 0 Å². The van der Waals surface area contributed by atoms with Crippen molar-refractivity contribution in [1.29, 1.82) is 0 Å². The molecule has 0 spiro atoms. The van der Waals surface area contributed by atoms with Gasteiger partial charge in [0.2, 0.25) is 5.95 Å². The molecule has 0 unspecified atom stereocenters. The maximum Gasteiger partial charge on any atom is 0.225 e. The van der Waals surface area contributed by atoms with Crippen LogP contribution in [0.4, 0.5) is 17.3 Å². The summed E-state index contributed by atoms with van der Waals surface area (Å²) in [6, 6.07) is 10.4. The predicted octanol–water partition coefficient (Wildman–Crippen LogP) is 2.05. The Morgan fingerprint density at radius 1 is 1.22 bits per heavy atom. The number of anilines is 3. The second kappa shape index (κ2) is 7.71. The van der Waals surface area contributed by atoms with Crippen molar-refractivity contribution in [2.45, 2.75) is 19.5 Å². The number of fused-ring (bicyclic) bond motifs is 1. The van der Waals surface area contributed by atoms with Crippen molar-refractivity contribution < 1.29 is 4.74 Å². The van der Waals surface area contributed by atoms with Crippen LogP contribution in [0.15, 0.2) is 42.9 Å². The third-order valence-electron chi connectivity index (χ3n) is 4.72. The first-order valence-electron chi connectivity index (χ1n) is 9.01. The molecule has 0 aliphatic carbocycles. The Labute approximate surface area is 158 Å². The van der Waals surface area contributed by atoms with Gasteiger partial charge in [-0.05, 0) is 12.1 Å². The van der Waals surface area contributed by atoms with Gasteiger partial charge in [-0.25, -0.2) is 9.97 Å². The van der Waals surface area contributed by atoms with Crippen LogP contribution in [0.5, 0.6) is 0 Å². The molecular formula is C19H23N7O. The van der Waals surface area contributed by atoms with E-state index < -0.39 is 0 Å². The molecule has 8 heteroatoms. The standard InChI is InChI=1S/C19H23N7O/c1-24(13-18-23-21-14-25(18)10-11-27-2)19-20-12-17-16(22-19)8-9-26(17)15-6-4-3-5-7-15/h3-7,12,14H,8-11,13H2,1-2H3. The summed E-state index contributed by atoms with van der Waals surface area (Å²) in [4.78, 5) is 13.6. The summed E-state index contributed by atoms with van der Waals surface area (Å²) in [5, 5.41) is 8.22. The zero-order valence-corrected chi connectivity index (χ0v) is 15.6. The lowest BCUT2D eigenvalue weighted by molar-refractivity contribution is 0.186. The van der Waals surface area contributed by atoms with E-state index in [9.17, 15) is 0 Å². The molecule has 8 nitrogen and oxygen atoms in total. The van der Waals surface area contributed by atoms with Gasteiger partial charge in [0.05, 0.1) is 30.7 Å². The number of methoxy groups -OCH3 is 1. The number of hydrogen-bond donors (Lipinski definition) is 0. The van der Waals surface area contributed by atoms with E-state index in [0.717, 1.165) is 36.7 Å². The smallest absolute Gasteiger partial charge is 0.225 e. The highest BCUT2D eigenvalue weighted by Gasteiger charge is 2.23. The number of nitrogens with zero attached hydrogens (tertiary/aromatic N) is 7. The van der Waals surface area contributed by atoms with Crippen LogP contribution in [0.25, 0.3) is 0 Å². The van der Waals surface area contributed by atoms with Crippen LogP contribution in [0.1, 0.15) is 11.5 Å². The van der Waals surface area contributed by atoms with E-state index in [1.165, 1.54) is 5.69 Å². The molecule has 2 aromatic heterocycles. The number of para-hydroxylation sites is 1. The van der Waals surface area contributed by atoms with E-state index in [-0.39, 0.29) is 0 Å². The number of benzene rings is 1. The zero-order chi connectivity index (χ0) is 18.6. The van der Waals surface area contributed by atoms with Gasteiger partial charge in [0.15, 0.2) is 5.82 Å². The largest absolute Gasteiger partial charge is 0.383 e. The van der Waals surface area contributed by atoms with E-state index in [2.05, 4.69) is 44.3 Å². The molecule has 1 aliphatic heterocycles. The second-order valence-corrected chi connectivity index (χ2v) is 6.53. The fourth-order valence-corrected chi connectivity index (χ4v) is 3.27. The summed E-state index contributed by atoms with van der Waals surface area (Å²) in [6.07, 6.45) is 4.56. The van der Waals surface area contributed by atoms with Crippen molar-refractivity contribution >= 4 is 17.3 Å². The fraction of sp³-hybridized carbons (Fsp3) is 0.368. The van der Waals surface area contributed by atoms with Gasteiger partial charge in [-0.3, -0.25) is 0 Å². The van der Waals surface area contributed by atoms with Gasteiger partial charge in [0, 0.05) is 39.4 Å². The van der Waals surface area contributed by atoms with Crippen LogP contribution < -0.4 is 9.80 Å². The van der Waals surface area contributed by atoms with E-state index >= 15 is 0 Å². The monoisotopic (exact) mass is 365 g/mol. The average Bonchev–Trinajstić information content (AvgIpc) is 3.33. The summed E-state index contributed by atoms with van der Waals surface area (Å²) in [7, 11) is 3.66. The lowest BCUT2D eigenvalue weighted by Gasteiger charge is -2.20. The second-order valence-electron chi connectivity index (χ2n) is 6.53. The van der Waals surface area contributed by atoms with Gasteiger partial charge in [0.1, 0.15) is 6.33 Å². The number of ether oxygens (including phenoxy) is 1. The normalized spacial score (nSPS) is 13.0. The van der Waals surface area contributed by atoms with E-state index in [0.29, 0.717) is 19.1 Å². The summed E-state index contributed by atoms with van der Waals surface area (Å²) in [5.74, 6) is 1.56. The first-order valence-corrected chi connectivity index (χ1v) is 9.01. The van der Waals surface area contributed by atoms with E-state index in [1.807, 2.05) is 28.8 Å². The highest BCUT2D eigenvalue weighted by molar-refractivity contribution is 5.68. The van der Waals surface area contributed by atoms with Crippen molar-refractivity contribution in [3.63, 3.8) is 0 Å². The average molecular weight is 365 g/mol. The molecule has 3 heterocycles. The SMILES string of the molecule is COCCn1cnnc1CN(C)c1ncc2c(n1)CCN2c1ccccc1. The lowest BCUT2D eigenvalue weighted by Crippen LogP contribution is -2.22. The van der Waals surface area contributed by atoms with Gasteiger partial charge < -0.3 is 19.1 Å². The van der Waals surface area contributed by atoms with Crippen molar-refractivity contribution in [1.82, 2.24) is 24.7 Å². The Hall–Kier alpha value is -3.00. The first kappa shape index (κ1) is 17.4. The van der Waals surface area contributed by atoms with Crippen LogP contribution in [0.2, 0.25) is 0 Å². The first-order chi connectivity index (χ1) is 13.3. The molecule has 140 valence electrons. The maximum absolute atomic E-state index is 5.14. The van der Waals surface area contributed by atoms with Crippen molar-refractivity contribution in [3.05, 3.63) is 54.4 Å². The van der Waals surface area contributed by atoms with Crippen molar-refractivity contribution in [2.75, 3.05) is 37.1 Å². The molecule has 0 saturated carbocycles. The van der Waals surface area contributed by atoms with Gasteiger partial charge in [-0.2, -0.15) is 0 Å². The Morgan fingerprint density at radius 3 is 2.89 bits per heavy atom. The molecule has 27 heavy (non-hydrogen) atoms. The van der Waals surface area contributed by atoms with Crippen LogP contribution >= 0.6 is 0 Å². The molecule has 3 aromatic rings. The van der Waals surface area contributed by atoms with E-state index in [1.54, 1.807) is 13.4 Å². The highest BCUT2D eigenvalue weighted by Crippen LogP contribution is 2.33. The number of rotatable bonds is 7. The minimum Gasteiger partial charge on any atom is -0.383 e. The molecule has 1 aromatic carbocycles. The van der Waals surface area contributed by atoms with Gasteiger partial charge >= 0.3 is 0 Å². The molecule has 0 saturated heterocycles. The highest BCUT2D eigenvalue weighted by atomic mass is 16.5. The lowest BCUT2D eigenvalue weighted by atomic mass is 10.3. The van der Waals surface area contributed by atoms with Crippen molar-refractivity contribution in [2.24, 2.45) is 0 Å². The van der Waals surface area contributed by atoms with Crippen LogP contribution in [0.3, 0.4) is 0 Å². The Kier molecular flexibility index (Phi) is 4.97. The molecule has 0 bridgehead atoms. The summed E-state index contributed by atoms with van der Waals surface area (Å²) in [5.41, 5.74) is 3.34. The topological polar surface area (TPSA) is 72.2 Å². The molecule has 0 fully saturated rings. The zero-order valence-electron chi connectivity index (χ0n) is 15.6. The quantitative estimate of drug-likeness (QED) is 0.634. The minimum absolute atomic E-state index is 0.588. The molecule has 4 rings (SSSR count). The number of aromatic nitrogens is 5.